The van der Waals surface area contributed by atoms with Gasteiger partial charge in [-0.3, -0.25) is 9.89 Å². The van der Waals surface area contributed by atoms with E-state index in [1.165, 1.54) is 0 Å². The Morgan fingerprint density at radius 3 is 2.52 bits per heavy atom. The van der Waals surface area contributed by atoms with E-state index in [0.29, 0.717) is 0 Å². The smallest absolute Gasteiger partial charge is 0.191 e. The number of hydrogen-bond acceptors (Lipinski definition) is 5. The molecule has 2 N–H and O–H groups in total. The Balaban J connectivity index is 0.00000364. The molecule has 0 aromatic rings. The standard InChI is InChI=1S/C19H38N4O3.HI/c1-15-11-23(12-16(2)26-15)19(3,4)14-22-18(20-5)21-8-6-9-25-17-7-10-24-13-17;/h15-17H,6-14H2,1-5H3,(H2,20,21,22);1H. The number of aliphatic imine (C=N–C) groups is 1. The van der Waals surface area contributed by atoms with Gasteiger partial charge in [-0.2, -0.15) is 0 Å². The van der Waals surface area contributed by atoms with Crippen LogP contribution in [0.3, 0.4) is 0 Å². The van der Waals surface area contributed by atoms with E-state index in [-0.39, 0.29) is 47.8 Å². The van der Waals surface area contributed by atoms with Gasteiger partial charge in [-0.15, -0.1) is 24.0 Å². The van der Waals surface area contributed by atoms with E-state index in [4.69, 9.17) is 14.2 Å². The molecule has 0 amide bonds. The Hall–Kier alpha value is -0.160. The third kappa shape index (κ3) is 8.81. The maximum absolute atomic E-state index is 5.85. The molecular formula is C19H39IN4O3. The number of rotatable bonds is 8. The number of morpholine rings is 1. The topological polar surface area (TPSA) is 67.4 Å². The molecule has 2 fully saturated rings. The molecule has 2 aliphatic heterocycles. The van der Waals surface area contributed by atoms with Gasteiger partial charge in [-0.05, 0) is 40.5 Å². The van der Waals surface area contributed by atoms with Crippen molar-refractivity contribution in [1.82, 2.24) is 15.5 Å². The van der Waals surface area contributed by atoms with Gasteiger partial charge < -0.3 is 24.8 Å². The molecule has 0 spiro atoms. The quantitative estimate of drug-likeness (QED) is 0.231. The second-order valence-electron chi connectivity index (χ2n) is 8.04. The van der Waals surface area contributed by atoms with Crippen LogP contribution in [0.5, 0.6) is 0 Å². The van der Waals surface area contributed by atoms with Gasteiger partial charge in [0, 0.05) is 52.0 Å². The minimum Gasteiger partial charge on any atom is -0.379 e. The third-order valence-electron chi connectivity index (χ3n) is 5.04. The van der Waals surface area contributed by atoms with Crippen LogP contribution in [-0.4, -0.2) is 87.8 Å². The minimum absolute atomic E-state index is 0. The zero-order valence-corrected chi connectivity index (χ0v) is 20.0. The number of nitrogens with one attached hydrogen (secondary N) is 2. The minimum atomic E-state index is 0. The molecular weight excluding hydrogens is 459 g/mol. The van der Waals surface area contributed by atoms with Crippen molar-refractivity contribution in [2.45, 2.75) is 64.4 Å². The van der Waals surface area contributed by atoms with E-state index in [0.717, 1.165) is 64.8 Å². The molecule has 2 saturated heterocycles. The van der Waals surface area contributed by atoms with Crippen LogP contribution in [0.2, 0.25) is 0 Å². The molecule has 0 aromatic carbocycles. The highest BCUT2D eigenvalue weighted by atomic mass is 127. The normalized spacial score (nSPS) is 27.3. The molecule has 160 valence electrons. The van der Waals surface area contributed by atoms with Crippen LogP contribution in [0.15, 0.2) is 4.99 Å². The Kier molecular flexibility index (Phi) is 11.4. The second kappa shape index (κ2) is 12.4. The van der Waals surface area contributed by atoms with Gasteiger partial charge in [-0.25, -0.2) is 0 Å². The molecule has 0 radical (unpaired) electrons. The molecule has 2 heterocycles. The summed E-state index contributed by atoms with van der Waals surface area (Å²) < 4.78 is 17.0. The molecule has 2 rings (SSSR count). The van der Waals surface area contributed by atoms with Crippen molar-refractivity contribution < 1.29 is 14.2 Å². The lowest BCUT2D eigenvalue weighted by atomic mass is 10.00. The van der Waals surface area contributed by atoms with Crippen LogP contribution in [0.4, 0.5) is 0 Å². The van der Waals surface area contributed by atoms with Crippen LogP contribution >= 0.6 is 24.0 Å². The van der Waals surface area contributed by atoms with Gasteiger partial charge in [0.2, 0.25) is 0 Å². The zero-order valence-electron chi connectivity index (χ0n) is 17.6. The van der Waals surface area contributed by atoms with E-state index in [9.17, 15) is 0 Å². The fraction of sp³-hybridized carbons (Fsp3) is 0.947. The second-order valence-corrected chi connectivity index (χ2v) is 8.04. The number of halogens is 1. The van der Waals surface area contributed by atoms with Crippen LogP contribution < -0.4 is 10.6 Å². The molecule has 3 atom stereocenters. The average molecular weight is 498 g/mol. The molecule has 0 aliphatic carbocycles. The van der Waals surface area contributed by atoms with Crippen LogP contribution in [-0.2, 0) is 14.2 Å². The van der Waals surface area contributed by atoms with Crippen molar-refractivity contribution in [3.63, 3.8) is 0 Å². The Labute approximate surface area is 182 Å². The number of guanidine groups is 1. The monoisotopic (exact) mass is 498 g/mol. The molecule has 27 heavy (non-hydrogen) atoms. The largest absolute Gasteiger partial charge is 0.379 e. The summed E-state index contributed by atoms with van der Waals surface area (Å²) in [5, 5.41) is 6.84. The number of nitrogens with zero attached hydrogens (tertiary/aromatic N) is 2. The Morgan fingerprint density at radius 2 is 1.93 bits per heavy atom. The van der Waals surface area contributed by atoms with Crippen LogP contribution in [0.1, 0.15) is 40.5 Å². The van der Waals surface area contributed by atoms with Gasteiger partial charge in [0.1, 0.15) is 0 Å². The first-order chi connectivity index (χ1) is 12.4. The maximum Gasteiger partial charge on any atom is 0.191 e. The molecule has 0 bridgehead atoms. The lowest BCUT2D eigenvalue weighted by molar-refractivity contribution is -0.0946. The molecule has 0 aromatic heterocycles. The first-order valence-corrected chi connectivity index (χ1v) is 9.95. The van der Waals surface area contributed by atoms with E-state index in [1.54, 1.807) is 0 Å². The van der Waals surface area contributed by atoms with E-state index in [1.807, 2.05) is 7.05 Å². The number of hydrogen-bond donors (Lipinski definition) is 2. The third-order valence-corrected chi connectivity index (χ3v) is 5.04. The summed E-state index contributed by atoms with van der Waals surface area (Å²) in [7, 11) is 1.81. The molecule has 7 nitrogen and oxygen atoms in total. The lowest BCUT2D eigenvalue weighted by Crippen LogP contribution is -2.59. The van der Waals surface area contributed by atoms with Crippen molar-refractivity contribution in [2.24, 2.45) is 4.99 Å². The summed E-state index contributed by atoms with van der Waals surface area (Å²) in [6.07, 6.45) is 2.82. The molecule has 3 unspecified atom stereocenters. The summed E-state index contributed by atoms with van der Waals surface area (Å²) in [5.41, 5.74) is 0.0372. The first-order valence-electron chi connectivity index (χ1n) is 9.95. The molecule has 2 aliphatic rings. The predicted octanol–water partition coefficient (Wildman–Crippen LogP) is 1.85. The van der Waals surface area contributed by atoms with Gasteiger partial charge in [-0.1, -0.05) is 0 Å². The van der Waals surface area contributed by atoms with Crippen molar-refractivity contribution in [2.75, 3.05) is 53.0 Å². The molecule has 8 heteroatoms. The SMILES string of the molecule is CN=C(NCCCOC1CCOC1)NCC(C)(C)N1CC(C)OC(C)C1.I. The Bertz CT molecular complexity index is 435. The Morgan fingerprint density at radius 1 is 1.22 bits per heavy atom. The van der Waals surface area contributed by atoms with Crippen molar-refractivity contribution in [3.05, 3.63) is 0 Å². The van der Waals surface area contributed by atoms with E-state index in [2.05, 4.69) is 48.2 Å². The van der Waals surface area contributed by atoms with Crippen LogP contribution in [0, 0.1) is 0 Å². The highest BCUT2D eigenvalue weighted by Crippen LogP contribution is 2.20. The van der Waals surface area contributed by atoms with Gasteiger partial charge in [0.15, 0.2) is 5.96 Å². The fourth-order valence-electron chi connectivity index (χ4n) is 3.48. The summed E-state index contributed by atoms with van der Waals surface area (Å²) in [6, 6.07) is 0. The number of ether oxygens (including phenoxy) is 3. The van der Waals surface area contributed by atoms with Crippen molar-refractivity contribution >= 4 is 29.9 Å². The van der Waals surface area contributed by atoms with Gasteiger partial charge >= 0.3 is 0 Å². The average Bonchev–Trinajstić information content (AvgIpc) is 3.10. The maximum atomic E-state index is 5.85. The first kappa shape index (κ1) is 24.9. The predicted molar refractivity (Wildman–Crippen MR) is 120 cm³/mol. The highest BCUT2D eigenvalue weighted by molar-refractivity contribution is 14.0. The fourth-order valence-corrected chi connectivity index (χ4v) is 3.48. The summed E-state index contributed by atoms with van der Waals surface area (Å²) in [6.45, 7) is 14.8. The zero-order chi connectivity index (χ0) is 19.0. The van der Waals surface area contributed by atoms with E-state index < -0.39 is 0 Å². The summed E-state index contributed by atoms with van der Waals surface area (Å²) >= 11 is 0. The van der Waals surface area contributed by atoms with Crippen LogP contribution in [0.25, 0.3) is 0 Å². The summed E-state index contributed by atoms with van der Waals surface area (Å²) in [4.78, 5) is 6.84. The molecule has 0 saturated carbocycles. The lowest BCUT2D eigenvalue weighted by Gasteiger charge is -2.45. The van der Waals surface area contributed by atoms with E-state index >= 15 is 0 Å². The van der Waals surface area contributed by atoms with Gasteiger partial charge in [0.05, 0.1) is 24.9 Å². The highest BCUT2D eigenvalue weighted by Gasteiger charge is 2.33. The summed E-state index contributed by atoms with van der Waals surface area (Å²) in [5.74, 6) is 0.844. The van der Waals surface area contributed by atoms with Gasteiger partial charge in [0.25, 0.3) is 0 Å². The van der Waals surface area contributed by atoms with Crippen molar-refractivity contribution in [3.8, 4) is 0 Å². The van der Waals surface area contributed by atoms with Crippen molar-refractivity contribution in [1.29, 1.82) is 0 Å².